The molecule has 24 heavy (non-hydrogen) atoms. The number of esters is 1. The summed E-state index contributed by atoms with van der Waals surface area (Å²) in [7, 11) is 1.31. The normalized spacial score (nSPS) is 10.2. The van der Waals surface area contributed by atoms with Crippen LogP contribution in [0.2, 0.25) is 0 Å². The summed E-state index contributed by atoms with van der Waals surface area (Å²) in [4.78, 5) is 23.5. The zero-order chi connectivity index (χ0) is 17.7. The highest BCUT2D eigenvalue weighted by Crippen LogP contribution is 2.27. The van der Waals surface area contributed by atoms with E-state index in [-0.39, 0.29) is 12.5 Å². The molecule has 1 N–H and O–H groups in total. The minimum absolute atomic E-state index is 0.156. The molecular formula is C17H15Br2NO4. The minimum Gasteiger partial charge on any atom is -0.483 e. The maximum absolute atomic E-state index is 12.0. The zero-order valence-electron chi connectivity index (χ0n) is 13.1. The van der Waals surface area contributed by atoms with Crippen LogP contribution in [0.3, 0.4) is 0 Å². The molecule has 1 amide bonds. The Bertz CT molecular complexity index is 777. The third-order valence-electron chi connectivity index (χ3n) is 3.11. The molecule has 0 aliphatic heterocycles. The van der Waals surface area contributed by atoms with E-state index in [2.05, 4.69) is 41.9 Å². The lowest BCUT2D eigenvalue weighted by atomic mass is 10.2. The van der Waals surface area contributed by atoms with Crippen LogP contribution in [0.15, 0.2) is 45.3 Å². The summed E-state index contributed by atoms with van der Waals surface area (Å²) < 4.78 is 11.5. The van der Waals surface area contributed by atoms with Gasteiger partial charge in [0.1, 0.15) is 5.75 Å². The van der Waals surface area contributed by atoms with Crippen LogP contribution in [0.5, 0.6) is 5.75 Å². The molecule has 0 fully saturated rings. The molecular weight excluding hydrogens is 442 g/mol. The molecule has 0 bridgehead atoms. The van der Waals surface area contributed by atoms with Gasteiger partial charge in [-0.25, -0.2) is 4.79 Å². The van der Waals surface area contributed by atoms with E-state index in [1.54, 1.807) is 18.2 Å². The Hall–Kier alpha value is -1.86. The lowest BCUT2D eigenvalue weighted by molar-refractivity contribution is -0.118. The molecule has 0 saturated heterocycles. The Morgan fingerprint density at radius 2 is 1.83 bits per heavy atom. The van der Waals surface area contributed by atoms with Crippen molar-refractivity contribution in [3.63, 3.8) is 0 Å². The average Bonchev–Trinajstić information content (AvgIpc) is 2.55. The van der Waals surface area contributed by atoms with Crippen molar-refractivity contribution < 1.29 is 19.1 Å². The zero-order valence-corrected chi connectivity index (χ0v) is 16.2. The molecule has 0 heterocycles. The number of hydrogen-bond acceptors (Lipinski definition) is 4. The van der Waals surface area contributed by atoms with Crippen molar-refractivity contribution in [1.82, 2.24) is 0 Å². The number of rotatable bonds is 5. The first-order valence-corrected chi connectivity index (χ1v) is 8.56. The Morgan fingerprint density at radius 1 is 1.08 bits per heavy atom. The number of carbonyl (C=O) groups is 2. The minimum atomic E-state index is -0.441. The van der Waals surface area contributed by atoms with E-state index in [9.17, 15) is 9.59 Å². The summed E-state index contributed by atoms with van der Waals surface area (Å²) in [5, 5.41) is 2.77. The molecule has 0 radical (unpaired) electrons. The van der Waals surface area contributed by atoms with E-state index in [1.165, 1.54) is 7.11 Å². The number of ether oxygens (including phenoxy) is 2. The standard InChI is InChI=1S/C17H15Br2NO4/c1-10-3-5-14(12(18)7-10)20-16(21)9-24-15-6-4-11(8-13(15)19)17(22)23-2/h3-8H,9H2,1-2H3,(H,20,21). The maximum atomic E-state index is 12.0. The van der Waals surface area contributed by atoms with Gasteiger partial charge in [-0.3, -0.25) is 4.79 Å². The summed E-state index contributed by atoms with van der Waals surface area (Å²) in [5.74, 6) is -0.270. The predicted octanol–water partition coefficient (Wildman–Crippen LogP) is 4.32. The number of halogens is 2. The quantitative estimate of drug-likeness (QED) is 0.680. The van der Waals surface area contributed by atoms with E-state index in [1.807, 2.05) is 25.1 Å². The highest BCUT2D eigenvalue weighted by molar-refractivity contribution is 9.11. The van der Waals surface area contributed by atoms with E-state index >= 15 is 0 Å². The summed E-state index contributed by atoms with van der Waals surface area (Å²) in [5.41, 5.74) is 2.16. The summed E-state index contributed by atoms with van der Waals surface area (Å²) in [6, 6.07) is 10.4. The Morgan fingerprint density at radius 3 is 2.46 bits per heavy atom. The monoisotopic (exact) mass is 455 g/mol. The second-order valence-electron chi connectivity index (χ2n) is 4.96. The van der Waals surface area contributed by atoms with Crippen molar-refractivity contribution in [2.45, 2.75) is 6.92 Å². The van der Waals surface area contributed by atoms with Gasteiger partial charge in [0.05, 0.1) is 22.8 Å². The van der Waals surface area contributed by atoms with E-state index < -0.39 is 5.97 Å². The van der Waals surface area contributed by atoms with Crippen LogP contribution < -0.4 is 10.1 Å². The van der Waals surface area contributed by atoms with Gasteiger partial charge in [-0.2, -0.15) is 0 Å². The van der Waals surface area contributed by atoms with Crippen molar-refractivity contribution in [3.8, 4) is 5.75 Å². The fraction of sp³-hybridized carbons (Fsp3) is 0.176. The lowest BCUT2D eigenvalue weighted by Gasteiger charge is -2.11. The molecule has 2 aromatic carbocycles. The summed E-state index contributed by atoms with van der Waals surface area (Å²) >= 11 is 6.71. The molecule has 2 aromatic rings. The topological polar surface area (TPSA) is 64.6 Å². The van der Waals surface area contributed by atoms with Crippen molar-refractivity contribution >= 4 is 49.4 Å². The molecule has 0 spiro atoms. The van der Waals surface area contributed by atoms with Crippen LogP contribution >= 0.6 is 31.9 Å². The number of benzene rings is 2. The number of anilines is 1. The van der Waals surface area contributed by atoms with Crippen molar-refractivity contribution in [2.24, 2.45) is 0 Å². The summed E-state index contributed by atoms with van der Waals surface area (Å²) in [6.07, 6.45) is 0. The van der Waals surface area contributed by atoms with Gasteiger partial charge in [-0.05, 0) is 74.7 Å². The van der Waals surface area contributed by atoms with Gasteiger partial charge in [0, 0.05) is 4.47 Å². The summed E-state index contributed by atoms with van der Waals surface area (Å²) in [6.45, 7) is 1.81. The van der Waals surface area contributed by atoms with Crippen LogP contribution in [0.1, 0.15) is 15.9 Å². The van der Waals surface area contributed by atoms with Gasteiger partial charge in [0.15, 0.2) is 6.61 Å². The smallest absolute Gasteiger partial charge is 0.337 e. The van der Waals surface area contributed by atoms with Crippen LogP contribution in [-0.4, -0.2) is 25.6 Å². The van der Waals surface area contributed by atoms with E-state index in [0.29, 0.717) is 21.5 Å². The first-order chi connectivity index (χ1) is 11.4. The predicted molar refractivity (Wildman–Crippen MR) is 98.5 cm³/mol. The first kappa shape index (κ1) is 18.5. The Balaban J connectivity index is 1.97. The number of aryl methyl sites for hydroxylation is 1. The third-order valence-corrected chi connectivity index (χ3v) is 4.39. The average molecular weight is 457 g/mol. The molecule has 0 saturated carbocycles. The molecule has 7 heteroatoms. The van der Waals surface area contributed by atoms with Crippen LogP contribution in [0.25, 0.3) is 0 Å². The SMILES string of the molecule is COC(=O)c1ccc(OCC(=O)Nc2ccc(C)cc2Br)c(Br)c1. The van der Waals surface area contributed by atoms with E-state index in [4.69, 9.17) is 4.74 Å². The number of carbonyl (C=O) groups excluding carboxylic acids is 2. The first-order valence-electron chi connectivity index (χ1n) is 6.97. The number of hydrogen-bond donors (Lipinski definition) is 1. The molecule has 126 valence electrons. The largest absolute Gasteiger partial charge is 0.483 e. The maximum Gasteiger partial charge on any atom is 0.337 e. The third kappa shape index (κ3) is 4.82. The highest BCUT2D eigenvalue weighted by Gasteiger charge is 2.11. The number of nitrogens with one attached hydrogen (secondary N) is 1. The second-order valence-corrected chi connectivity index (χ2v) is 6.67. The second kappa shape index (κ2) is 8.30. The van der Waals surface area contributed by atoms with Gasteiger partial charge in [0.25, 0.3) is 5.91 Å². The fourth-order valence-electron chi connectivity index (χ4n) is 1.91. The Kier molecular flexibility index (Phi) is 6.39. The molecule has 0 aliphatic carbocycles. The molecule has 0 aliphatic rings. The number of amides is 1. The van der Waals surface area contributed by atoms with Crippen LogP contribution in [0.4, 0.5) is 5.69 Å². The van der Waals surface area contributed by atoms with Gasteiger partial charge in [-0.15, -0.1) is 0 Å². The van der Waals surface area contributed by atoms with Crippen LogP contribution in [0, 0.1) is 6.92 Å². The van der Waals surface area contributed by atoms with Gasteiger partial charge in [0.2, 0.25) is 0 Å². The number of methoxy groups -OCH3 is 1. The lowest BCUT2D eigenvalue weighted by Crippen LogP contribution is -2.20. The van der Waals surface area contributed by atoms with Gasteiger partial charge >= 0.3 is 5.97 Å². The van der Waals surface area contributed by atoms with Crippen molar-refractivity contribution in [1.29, 1.82) is 0 Å². The highest BCUT2D eigenvalue weighted by atomic mass is 79.9. The fourth-order valence-corrected chi connectivity index (χ4v) is 3.00. The van der Waals surface area contributed by atoms with Gasteiger partial charge in [-0.1, -0.05) is 6.07 Å². The van der Waals surface area contributed by atoms with Crippen LogP contribution in [-0.2, 0) is 9.53 Å². The Labute approximate surface area is 156 Å². The molecule has 0 unspecified atom stereocenters. The van der Waals surface area contributed by atoms with Crippen molar-refractivity contribution in [2.75, 3.05) is 19.0 Å². The molecule has 0 atom stereocenters. The van der Waals surface area contributed by atoms with Crippen molar-refractivity contribution in [3.05, 3.63) is 56.5 Å². The molecule has 5 nitrogen and oxygen atoms in total. The van der Waals surface area contributed by atoms with Gasteiger partial charge < -0.3 is 14.8 Å². The van der Waals surface area contributed by atoms with E-state index in [0.717, 1.165) is 10.0 Å². The molecule has 0 aromatic heterocycles. The molecule has 2 rings (SSSR count).